The highest BCUT2D eigenvalue weighted by Gasteiger charge is 2.43. The van der Waals surface area contributed by atoms with Crippen molar-refractivity contribution in [2.75, 3.05) is 78.9 Å². The molecular formula is C75H81N9O15. The fourth-order valence-corrected chi connectivity index (χ4v) is 11.8. The highest BCUT2D eigenvalue weighted by atomic mass is 16.5. The van der Waals surface area contributed by atoms with Crippen molar-refractivity contribution in [3.8, 4) is 17.2 Å². The lowest BCUT2D eigenvalue weighted by atomic mass is 10.0. The molecule has 9 aliphatic heterocycles. The van der Waals surface area contributed by atoms with E-state index in [1.807, 2.05) is 0 Å². The zero-order valence-corrected chi connectivity index (χ0v) is 53.4. The molecular weight excluding hydrogens is 1270 g/mol. The van der Waals surface area contributed by atoms with E-state index in [0.717, 1.165) is 14.7 Å². The van der Waals surface area contributed by atoms with Crippen molar-refractivity contribution in [2.45, 2.75) is 115 Å². The summed E-state index contributed by atoms with van der Waals surface area (Å²) in [6.07, 6.45) is -0.240. The third-order valence-corrected chi connectivity index (χ3v) is 17.1. The summed E-state index contributed by atoms with van der Waals surface area (Å²) in [5, 5.41) is 6.41. The average Bonchev–Trinajstić information content (AvgIpc) is 1.58. The van der Waals surface area contributed by atoms with E-state index in [0.29, 0.717) is 95.6 Å². The molecule has 1 unspecified atom stereocenters. The van der Waals surface area contributed by atoms with Crippen LogP contribution in [0.2, 0.25) is 0 Å². The van der Waals surface area contributed by atoms with Gasteiger partial charge in [0.15, 0.2) is 0 Å². The molecule has 0 radical (unpaired) electrons. The summed E-state index contributed by atoms with van der Waals surface area (Å²) in [5.74, 6) is -6.72. The summed E-state index contributed by atoms with van der Waals surface area (Å²) in [6.45, 7) is -15.2. The third-order valence-electron chi connectivity index (χ3n) is 17.1. The van der Waals surface area contributed by atoms with Gasteiger partial charge in [-0.25, -0.2) is 0 Å². The molecule has 24 nitrogen and oxygen atoms in total. The number of ether oxygens (including phenoxy) is 6. The fraction of sp³-hybridized carbons (Fsp3) is 0.400. The first-order chi connectivity index (χ1) is 55.0. The molecule has 99 heavy (non-hydrogen) atoms. The molecule has 3 N–H and O–H groups in total. The minimum absolute atomic E-state index is 0.0365. The van der Waals surface area contributed by atoms with Crippen LogP contribution in [0.4, 0.5) is 0 Å². The molecule has 0 aromatic heterocycles. The van der Waals surface area contributed by atoms with Crippen LogP contribution in [0.15, 0.2) is 127 Å². The van der Waals surface area contributed by atoms with Crippen LogP contribution in [0.5, 0.6) is 17.2 Å². The Kier molecular flexibility index (Phi) is 15.5. The van der Waals surface area contributed by atoms with Gasteiger partial charge in [0, 0.05) is 120 Å². The average molecular weight is 1370 g/mol. The third kappa shape index (κ3) is 16.4. The van der Waals surface area contributed by atoms with Crippen LogP contribution in [0.3, 0.4) is 0 Å². The van der Waals surface area contributed by atoms with Gasteiger partial charge in [-0.15, -0.1) is 0 Å². The summed E-state index contributed by atoms with van der Waals surface area (Å²) in [4.78, 5) is 119. The molecule has 0 aliphatic carbocycles. The van der Waals surface area contributed by atoms with Gasteiger partial charge >= 0.3 is 0 Å². The zero-order valence-electron chi connectivity index (χ0n) is 71.4. The molecule has 6 fully saturated rings. The number of amides is 9. The molecule has 0 saturated carbocycles. The summed E-state index contributed by atoms with van der Waals surface area (Å²) >= 11 is 0. The molecule has 9 heterocycles. The van der Waals surface area contributed by atoms with Crippen LogP contribution in [0, 0.1) is 0 Å². The lowest BCUT2D eigenvalue weighted by molar-refractivity contribution is -0.138. The highest BCUT2D eigenvalue weighted by Crippen LogP contribution is 2.37. The number of nitrogens with zero attached hydrogens (tertiary/aromatic N) is 6. The van der Waals surface area contributed by atoms with Crippen molar-refractivity contribution < 1.29 is 96.2 Å². The Hall–Kier alpha value is -9.69. The van der Waals surface area contributed by atoms with E-state index in [4.69, 9.17) is 53.1 Å². The van der Waals surface area contributed by atoms with Gasteiger partial charge in [-0.3, -0.25) is 73.8 Å². The maximum absolute atomic E-state index is 13.2. The lowest BCUT2D eigenvalue weighted by Gasteiger charge is -2.29. The predicted octanol–water partition coefficient (Wildman–Crippen LogP) is 5.58. The second-order valence-corrected chi connectivity index (χ2v) is 23.8. The summed E-state index contributed by atoms with van der Waals surface area (Å²) in [7, 11) is 0. The van der Waals surface area contributed by atoms with Crippen LogP contribution < -0.4 is 30.2 Å². The molecule has 9 aliphatic rings. The minimum Gasteiger partial charge on any atom is -0.489 e. The number of hydrogen-bond acceptors (Lipinski definition) is 18. The summed E-state index contributed by atoms with van der Waals surface area (Å²) < 4.78 is 188. The highest BCUT2D eigenvalue weighted by molar-refractivity contribution is 6.08. The van der Waals surface area contributed by atoms with Crippen molar-refractivity contribution in [2.24, 2.45) is 0 Å². The molecule has 6 saturated heterocycles. The first-order valence-corrected chi connectivity index (χ1v) is 32.3. The second kappa shape index (κ2) is 31.4. The summed E-state index contributed by atoms with van der Waals surface area (Å²) in [5.41, 5.74) is 0.405. The van der Waals surface area contributed by atoms with E-state index < -0.39 is 130 Å². The number of fused-ring (bicyclic) bond motifs is 3. The van der Waals surface area contributed by atoms with E-state index in [9.17, 15) is 43.2 Å². The van der Waals surface area contributed by atoms with Gasteiger partial charge in [-0.2, -0.15) is 0 Å². The van der Waals surface area contributed by atoms with Crippen LogP contribution in [-0.4, -0.2) is 180 Å². The maximum Gasteiger partial charge on any atom is 0.255 e. The predicted molar refractivity (Wildman–Crippen MR) is 358 cm³/mol. The quantitative estimate of drug-likeness (QED) is 0.0887. The standard InChI is InChI=1S/3C25H27N3O5/c3*29-23-9-8-21(24(30)26-23)28-15-20-19(25(28)31)2-1-3-22(20)33-16-18-6-4-17(5-7-18)14-27-10-12-32-13-11-27/h3*1-7,21H,8-16H2,(H,26,29,30)/t2*21-;/m10./s1/i3*14D2,15D2,16D2. The monoisotopic (exact) mass is 1370 g/mol. The Labute approximate surface area is 599 Å². The van der Waals surface area contributed by atoms with Crippen LogP contribution >= 0.6 is 0 Å². The van der Waals surface area contributed by atoms with E-state index in [1.165, 1.54) is 127 Å². The van der Waals surface area contributed by atoms with Gasteiger partial charge in [-0.1, -0.05) is 91.0 Å². The largest absolute Gasteiger partial charge is 0.489 e. The molecule has 516 valence electrons. The first kappa shape index (κ1) is 48.9. The zero-order chi connectivity index (χ0) is 84.5. The van der Waals surface area contributed by atoms with E-state index in [1.54, 1.807) is 14.7 Å². The maximum atomic E-state index is 13.2. The Morgan fingerprint density at radius 2 is 0.616 bits per heavy atom. The Morgan fingerprint density at radius 1 is 0.364 bits per heavy atom. The Morgan fingerprint density at radius 3 is 0.869 bits per heavy atom. The molecule has 6 aromatic carbocycles. The first-order valence-electron chi connectivity index (χ1n) is 41.3. The van der Waals surface area contributed by atoms with Crippen molar-refractivity contribution in [1.29, 1.82) is 0 Å². The number of nitrogens with one attached hydrogen (secondary N) is 3. The van der Waals surface area contributed by atoms with E-state index in [-0.39, 0.29) is 106 Å². The minimum atomic E-state index is -2.51. The van der Waals surface area contributed by atoms with Gasteiger partial charge in [0.1, 0.15) is 55.1 Å². The Balaban J connectivity index is 0.000000152. The molecule has 6 aromatic rings. The van der Waals surface area contributed by atoms with Gasteiger partial charge in [0.2, 0.25) is 35.4 Å². The number of piperidine rings is 3. The van der Waals surface area contributed by atoms with Gasteiger partial charge in [0.25, 0.3) is 17.7 Å². The van der Waals surface area contributed by atoms with Crippen LogP contribution in [0.25, 0.3) is 0 Å². The van der Waals surface area contributed by atoms with E-state index in [2.05, 4.69) is 16.0 Å². The Bertz CT molecular complexity index is 4420. The molecule has 0 bridgehead atoms. The van der Waals surface area contributed by atoms with Crippen LogP contribution in [0.1, 0.15) is 144 Å². The molecule has 15 rings (SSSR count). The number of carbonyl (C=O) groups is 9. The fourth-order valence-electron chi connectivity index (χ4n) is 11.8. The molecule has 0 spiro atoms. The second-order valence-electron chi connectivity index (χ2n) is 23.8. The van der Waals surface area contributed by atoms with Crippen molar-refractivity contribution in [3.63, 3.8) is 0 Å². The number of hydrogen-bond donors (Lipinski definition) is 3. The van der Waals surface area contributed by atoms with Crippen molar-refractivity contribution >= 4 is 53.2 Å². The normalized spacial score (nSPS) is 26.2. The molecule has 3 atom stereocenters. The lowest BCUT2D eigenvalue weighted by Crippen LogP contribution is -2.52. The van der Waals surface area contributed by atoms with Gasteiger partial charge < -0.3 is 43.1 Å². The smallest absolute Gasteiger partial charge is 0.255 e. The van der Waals surface area contributed by atoms with Crippen molar-refractivity contribution in [3.05, 3.63) is 194 Å². The number of carbonyl (C=O) groups excluding carboxylic acids is 9. The summed E-state index contributed by atoms with van der Waals surface area (Å²) in [6, 6.07) is 26.2. The van der Waals surface area contributed by atoms with Gasteiger partial charge in [0.05, 0.1) is 75.6 Å². The number of benzene rings is 6. The number of rotatable bonds is 18. The SMILES string of the molecule is [2H]C([2H])(Oc1cccc2c1C([2H])([2H])N(C1CCC(=O)NC1=O)C2=O)c1ccc(C([2H])([2H])N2CCOCC2)cc1.[2H]C([2H])(Oc1cccc2c1C([2H])([2H])N([C@@H]1CCC(=O)NC1=O)C2=O)c1ccc(C([2H])([2H])N2CCOCC2)cc1.[2H]C([2H])(Oc1cccc2c1C([2H])([2H])N([C@H]1CCC(=O)NC1=O)C2=O)c1ccc(C([2H])([2H])N2CCOCC2)cc1. The van der Waals surface area contributed by atoms with Crippen molar-refractivity contribution in [1.82, 2.24) is 45.3 Å². The molecule has 24 heteroatoms. The number of morpholine rings is 3. The topological polar surface area (TPSA) is 265 Å². The number of imide groups is 3. The van der Waals surface area contributed by atoms with E-state index >= 15 is 0 Å². The molecule has 9 amide bonds. The van der Waals surface area contributed by atoms with Crippen LogP contribution in [-0.2, 0) is 102 Å². The van der Waals surface area contributed by atoms with Gasteiger partial charge in [-0.05, 0) is 89.0 Å².